The summed E-state index contributed by atoms with van der Waals surface area (Å²) in [5.41, 5.74) is 3.18. The zero-order chi connectivity index (χ0) is 27.6. The number of sulfonamides is 1. The summed E-state index contributed by atoms with van der Waals surface area (Å²) in [5, 5.41) is 3.95. The first-order valence-corrected chi connectivity index (χ1v) is 13.3. The van der Waals surface area contributed by atoms with Gasteiger partial charge in [-0.3, -0.25) is 14.3 Å². The van der Waals surface area contributed by atoms with Gasteiger partial charge in [0.2, 0.25) is 6.79 Å². The Labute approximate surface area is 224 Å². The molecule has 1 N–H and O–H groups in total. The molecule has 39 heavy (non-hydrogen) atoms. The summed E-state index contributed by atoms with van der Waals surface area (Å²) in [6.07, 6.45) is 1.39. The Hall–Kier alpha value is -4.84. The Morgan fingerprint density at radius 2 is 1.69 bits per heavy atom. The fourth-order valence-corrected chi connectivity index (χ4v) is 5.68. The van der Waals surface area contributed by atoms with E-state index in [9.17, 15) is 18.0 Å². The molecule has 1 aliphatic rings. The van der Waals surface area contributed by atoms with Gasteiger partial charge in [-0.25, -0.2) is 22.8 Å². The molecule has 5 rings (SSSR count). The summed E-state index contributed by atoms with van der Waals surface area (Å²) in [4.78, 5) is 26.6. The monoisotopic (exact) mass is 547 g/mol. The lowest BCUT2D eigenvalue weighted by molar-refractivity contribution is -0.119. The highest BCUT2D eigenvalue weighted by Gasteiger charge is 2.33. The van der Waals surface area contributed by atoms with E-state index in [4.69, 9.17) is 9.47 Å². The fraction of sp³-hybridized carbons (Fsp3) is 0.148. The minimum Gasteiger partial charge on any atom is -0.454 e. The van der Waals surface area contributed by atoms with Crippen LogP contribution in [0.1, 0.15) is 11.3 Å². The van der Waals surface area contributed by atoms with Gasteiger partial charge in [0.05, 0.1) is 22.5 Å². The van der Waals surface area contributed by atoms with E-state index in [-0.39, 0.29) is 17.4 Å². The lowest BCUT2D eigenvalue weighted by atomic mass is 10.2. The topological polar surface area (TPSA) is 124 Å². The van der Waals surface area contributed by atoms with E-state index in [0.717, 1.165) is 4.31 Å². The van der Waals surface area contributed by atoms with Crippen molar-refractivity contribution >= 4 is 27.8 Å². The lowest BCUT2D eigenvalue weighted by Gasteiger charge is -2.22. The first kappa shape index (κ1) is 25.8. The molecule has 0 fully saturated rings. The number of amides is 1. The molecule has 0 radical (unpaired) electrons. The second kappa shape index (κ2) is 10.5. The van der Waals surface area contributed by atoms with E-state index in [1.807, 2.05) is 6.07 Å². The third kappa shape index (κ3) is 5.01. The van der Waals surface area contributed by atoms with Gasteiger partial charge in [-0.05, 0) is 55.0 Å². The minimum absolute atomic E-state index is 0.0597. The molecular weight excluding hydrogens is 522 g/mol. The van der Waals surface area contributed by atoms with Gasteiger partial charge in [0.25, 0.3) is 21.5 Å². The number of carbonyl (C=O) groups excluding carboxylic acids is 1. The molecule has 0 spiro atoms. The molecule has 0 aliphatic carbocycles. The van der Waals surface area contributed by atoms with E-state index >= 15 is 0 Å². The van der Waals surface area contributed by atoms with Crippen LogP contribution in [0.2, 0.25) is 0 Å². The quantitative estimate of drug-likeness (QED) is 0.267. The van der Waals surface area contributed by atoms with Crippen LogP contribution in [0.25, 0.3) is 5.69 Å². The third-order valence-electron chi connectivity index (χ3n) is 6.19. The molecule has 4 aromatic rings. The molecule has 1 aromatic heterocycles. The fourth-order valence-electron chi connectivity index (χ4n) is 4.18. The van der Waals surface area contributed by atoms with E-state index in [1.165, 1.54) is 23.0 Å². The number of benzene rings is 3. The maximum Gasteiger partial charge on any atom is 0.296 e. The van der Waals surface area contributed by atoms with Gasteiger partial charge in [0.1, 0.15) is 12.2 Å². The number of rotatable bonds is 8. The van der Waals surface area contributed by atoms with Crippen LogP contribution in [0.5, 0.6) is 11.5 Å². The molecule has 11 nitrogen and oxygen atoms in total. The van der Waals surface area contributed by atoms with Crippen molar-refractivity contribution in [3.63, 3.8) is 0 Å². The van der Waals surface area contributed by atoms with Crippen molar-refractivity contribution in [3.05, 3.63) is 100 Å². The van der Waals surface area contributed by atoms with Crippen molar-refractivity contribution < 1.29 is 22.7 Å². The van der Waals surface area contributed by atoms with Crippen molar-refractivity contribution in [3.8, 4) is 17.2 Å². The van der Waals surface area contributed by atoms with Crippen molar-refractivity contribution in [1.82, 2.24) is 14.8 Å². The van der Waals surface area contributed by atoms with Gasteiger partial charge in [-0.1, -0.05) is 36.4 Å². The van der Waals surface area contributed by atoms with E-state index in [0.29, 0.717) is 28.4 Å². The van der Waals surface area contributed by atoms with Crippen molar-refractivity contribution in [2.75, 3.05) is 17.6 Å². The molecule has 3 aromatic carbocycles. The zero-order valence-corrected chi connectivity index (χ0v) is 22.0. The van der Waals surface area contributed by atoms with Crippen LogP contribution < -0.4 is 24.8 Å². The number of nitrogens with zero attached hydrogens (tertiary/aromatic N) is 4. The Morgan fingerprint density at radius 3 is 2.41 bits per heavy atom. The number of hydrogen-bond donors (Lipinski definition) is 1. The molecule has 1 amide bonds. The van der Waals surface area contributed by atoms with Crippen LogP contribution in [-0.4, -0.2) is 43.2 Å². The number of hydrogen-bond acceptors (Lipinski definition) is 7. The average molecular weight is 548 g/mol. The molecule has 1 aliphatic heterocycles. The first-order chi connectivity index (χ1) is 18.8. The molecule has 200 valence electrons. The second-order valence-electron chi connectivity index (χ2n) is 8.64. The number of ether oxygens (including phenoxy) is 2. The predicted octanol–water partition coefficient (Wildman–Crippen LogP) is 2.56. The summed E-state index contributed by atoms with van der Waals surface area (Å²) < 4.78 is 41.9. The van der Waals surface area contributed by atoms with Gasteiger partial charge >= 0.3 is 0 Å². The molecule has 0 saturated heterocycles. The number of aromatic nitrogens is 2. The van der Waals surface area contributed by atoms with Crippen LogP contribution >= 0.6 is 0 Å². The number of nitrogens with one attached hydrogen (secondary N) is 1. The van der Waals surface area contributed by atoms with Crippen LogP contribution in [-0.2, 0) is 21.9 Å². The number of fused-ring (bicyclic) bond motifs is 1. The standard InChI is InChI=1S/C27H25N5O6S/c1-19-26(27(34)32(30(19)2)21-9-5-3-6-10-21)31(39(35,36)22-11-7-4-8-12-22)17-25(33)29-28-16-20-13-14-23-24(15-20)38-18-37-23/h3-16H,17-18H2,1-2H3,(H,29,33)/b28-16-. The van der Waals surface area contributed by atoms with Crippen LogP contribution in [0.3, 0.4) is 0 Å². The highest BCUT2D eigenvalue weighted by Crippen LogP contribution is 2.32. The molecule has 0 bridgehead atoms. The van der Waals surface area contributed by atoms with Gasteiger partial charge in [-0.15, -0.1) is 0 Å². The number of anilines is 1. The minimum atomic E-state index is -4.30. The summed E-state index contributed by atoms with van der Waals surface area (Å²) in [6, 6.07) is 21.6. The van der Waals surface area contributed by atoms with Gasteiger partial charge in [-0.2, -0.15) is 5.10 Å². The van der Waals surface area contributed by atoms with Gasteiger partial charge < -0.3 is 9.47 Å². The summed E-state index contributed by atoms with van der Waals surface area (Å²) in [5.74, 6) is 0.428. The van der Waals surface area contributed by atoms with Crippen LogP contribution in [0.15, 0.2) is 93.7 Å². The molecule has 0 atom stereocenters. The number of hydrazone groups is 1. The molecular formula is C27H25N5O6S. The summed E-state index contributed by atoms with van der Waals surface area (Å²) in [6.45, 7) is 1.08. The first-order valence-electron chi connectivity index (χ1n) is 11.9. The van der Waals surface area contributed by atoms with Gasteiger partial charge in [0, 0.05) is 7.05 Å². The van der Waals surface area contributed by atoms with E-state index < -0.39 is 28.0 Å². The summed E-state index contributed by atoms with van der Waals surface area (Å²) in [7, 11) is -2.65. The van der Waals surface area contributed by atoms with E-state index in [1.54, 1.807) is 79.3 Å². The SMILES string of the molecule is Cc1c(N(CC(=O)N/N=C\c2ccc3c(c2)OCO3)S(=O)(=O)c2ccccc2)c(=O)n(-c2ccccc2)n1C. The largest absolute Gasteiger partial charge is 0.454 e. The molecule has 0 unspecified atom stereocenters. The Kier molecular flexibility index (Phi) is 6.94. The number of para-hydroxylation sites is 1. The highest BCUT2D eigenvalue weighted by atomic mass is 32.2. The molecule has 0 saturated carbocycles. The number of carbonyl (C=O) groups is 1. The van der Waals surface area contributed by atoms with Crippen LogP contribution in [0, 0.1) is 6.92 Å². The smallest absolute Gasteiger partial charge is 0.296 e. The van der Waals surface area contributed by atoms with Gasteiger partial charge in [0.15, 0.2) is 11.5 Å². The lowest BCUT2D eigenvalue weighted by Crippen LogP contribution is -2.42. The average Bonchev–Trinajstić information content (AvgIpc) is 3.49. The Balaban J connectivity index is 1.48. The Bertz CT molecular complexity index is 1710. The van der Waals surface area contributed by atoms with Crippen molar-refractivity contribution in [2.45, 2.75) is 11.8 Å². The van der Waals surface area contributed by atoms with Crippen molar-refractivity contribution in [2.24, 2.45) is 12.1 Å². The Morgan fingerprint density at radius 1 is 1.03 bits per heavy atom. The maximum absolute atomic E-state index is 13.8. The van der Waals surface area contributed by atoms with Crippen LogP contribution in [0.4, 0.5) is 5.69 Å². The highest BCUT2D eigenvalue weighted by molar-refractivity contribution is 7.92. The zero-order valence-electron chi connectivity index (χ0n) is 21.1. The maximum atomic E-state index is 13.8. The normalized spacial score (nSPS) is 12.6. The third-order valence-corrected chi connectivity index (χ3v) is 7.95. The second-order valence-corrected chi connectivity index (χ2v) is 10.5. The molecule has 2 heterocycles. The molecule has 12 heteroatoms. The predicted molar refractivity (Wildman–Crippen MR) is 145 cm³/mol. The van der Waals surface area contributed by atoms with Crippen molar-refractivity contribution in [1.29, 1.82) is 0 Å². The summed E-state index contributed by atoms with van der Waals surface area (Å²) >= 11 is 0. The van der Waals surface area contributed by atoms with E-state index in [2.05, 4.69) is 10.5 Å².